The Morgan fingerprint density at radius 2 is 1.32 bits per heavy atom. The molecule has 0 aliphatic heterocycles. The maximum absolute atomic E-state index is 9.95. The zero-order chi connectivity index (χ0) is 16.3. The molecule has 0 bridgehead atoms. The van der Waals surface area contributed by atoms with Gasteiger partial charge in [0.15, 0.2) is 0 Å². The zero-order valence-electron chi connectivity index (χ0n) is 14.6. The first-order valence-corrected chi connectivity index (χ1v) is 11.3. The summed E-state index contributed by atoms with van der Waals surface area (Å²) < 4.78 is 0. The number of nitriles is 1. The van der Waals surface area contributed by atoms with Crippen LogP contribution < -0.4 is 0 Å². The molecule has 1 rings (SSSR count). The van der Waals surface area contributed by atoms with E-state index in [1.54, 1.807) is 0 Å². The lowest BCUT2D eigenvalue weighted by Crippen LogP contribution is -2.12. The van der Waals surface area contributed by atoms with Crippen molar-refractivity contribution in [1.82, 2.24) is 0 Å². The second kappa shape index (κ2) is 10.7. The van der Waals surface area contributed by atoms with Crippen LogP contribution in [0.3, 0.4) is 0 Å². The molecular formula is C20H32NP. The lowest BCUT2D eigenvalue weighted by Gasteiger charge is -2.29. The molecule has 0 radical (unpaired) electrons. The molecule has 122 valence electrons. The highest BCUT2D eigenvalue weighted by atomic mass is 31.2. The lowest BCUT2D eigenvalue weighted by atomic mass is 10.2. The van der Waals surface area contributed by atoms with E-state index in [0.717, 1.165) is 5.29 Å². The quantitative estimate of drug-likeness (QED) is 0.475. The first-order chi connectivity index (χ1) is 10.7. The van der Waals surface area contributed by atoms with Gasteiger partial charge in [-0.05, 0) is 43.3 Å². The molecule has 1 aromatic carbocycles. The summed E-state index contributed by atoms with van der Waals surface area (Å²) in [5.41, 5.74) is 1.18. The molecule has 0 aliphatic carbocycles. The van der Waals surface area contributed by atoms with E-state index in [4.69, 9.17) is 0 Å². The van der Waals surface area contributed by atoms with E-state index in [-0.39, 0.29) is 0 Å². The van der Waals surface area contributed by atoms with Crippen molar-refractivity contribution >= 4 is 12.2 Å². The van der Waals surface area contributed by atoms with Gasteiger partial charge in [0.05, 0.1) is 11.4 Å². The first kappa shape index (κ1) is 19.1. The normalized spacial score (nSPS) is 11.2. The molecule has 0 N–H and O–H groups in total. The summed E-state index contributed by atoms with van der Waals surface area (Å²) in [6.07, 6.45) is 11.3. The molecule has 22 heavy (non-hydrogen) atoms. The number of unbranched alkanes of at least 4 members (excludes halogenated alkanes) is 3. The fourth-order valence-corrected chi connectivity index (χ4v) is 8.11. The van der Waals surface area contributed by atoms with Gasteiger partial charge in [-0.3, -0.25) is 0 Å². The van der Waals surface area contributed by atoms with Gasteiger partial charge in [0.2, 0.25) is 0 Å². The SMILES string of the molecule is CCCCP(CCCC)(CCCC)=C(C#N)c1ccccc1. The van der Waals surface area contributed by atoms with Gasteiger partial charge in [-0.15, -0.1) is 0 Å². The van der Waals surface area contributed by atoms with Crippen LogP contribution >= 0.6 is 6.89 Å². The fourth-order valence-electron chi connectivity index (χ4n) is 3.09. The summed E-state index contributed by atoms with van der Waals surface area (Å²) in [5, 5.41) is 11.1. The third kappa shape index (κ3) is 5.33. The van der Waals surface area contributed by atoms with Crippen LogP contribution in [0.15, 0.2) is 30.3 Å². The standard InChI is InChI=1S/C20H32NP/c1-4-7-15-22(16-8-5-2,17-9-6-3)20(18-21)19-13-11-10-12-14-19/h10-14H,4-9,15-17H2,1-3H3. The minimum atomic E-state index is -1.32. The topological polar surface area (TPSA) is 23.8 Å². The van der Waals surface area contributed by atoms with E-state index in [0.29, 0.717) is 0 Å². The fraction of sp³-hybridized carbons (Fsp3) is 0.600. The highest BCUT2D eigenvalue weighted by molar-refractivity contribution is 7.77. The highest BCUT2D eigenvalue weighted by Gasteiger charge is 2.23. The molecule has 1 nitrogen and oxygen atoms in total. The van der Waals surface area contributed by atoms with Gasteiger partial charge in [0.25, 0.3) is 0 Å². The maximum Gasteiger partial charge on any atom is 0.0998 e. The molecule has 0 amide bonds. The van der Waals surface area contributed by atoms with E-state index < -0.39 is 6.89 Å². The van der Waals surface area contributed by atoms with Gasteiger partial charge in [-0.1, -0.05) is 77.3 Å². The second-order valence-corrected chi connectivity index (χ2v) is 10.3. The van der Waals surface area contributed by atoms with Crippen LogP contribution in [0.5, 0.6) is 0 Å². The number of benzene rings is 1. The molecule has 0 unspecified atom stereocenters. The van der Waals surface area contributed by atoms with Crippen LogP contribution in [0.4, 0.5) is 0 Å². The Bertz CT molecular complexity index is 482. The monoisotopic (exact) mass is 317 g/mol. The summed E-state index contributed by atoms with van der Waals surface area (Å²) in [6.45, 7) is 5.48. The Morgan fingerprint density at radius 1 is 0.864 bits per heavy atom. The third-order valence-corrected chi connectivity index (χ3v) is 9.27. The van der Waals surface area contributed by atoms with Gasteiger partial charge >= 0.3 is 0 Å². The van der Waals surface area contributed by atoms with Crippen molar-refractivity contribution in [2.75, 3.05) is 18.5 Å². The largest absolute Gasteiger partial charge is 0.192 e. The maximum atomic E-state index is 9.95. The van der Waals surface area contributed by atoms with Crippen LogP contribution in [0.2, 0.25) is 0 Å². The summed E-state index contributed by atoms with van der Waals surface area (Å²) in [6, 6.07) is 13.1. The highest BCUT2D eigenvalue weighted by Crippen LogP contribution is 2.52. The second-order valence-electron chi connectivity index (χ2n) is 6.20. The summed E-state index contributed by atoms with van der Waals surface area (Å²) in [4.78, 5) is 0. The van der Waals surface area contributed by atoms with Gasteiger partial charge in [0.1, 0.15) is 0 Å². The van der Waals surface area contributed by atoms with Gasteiger partial charge in [0, 0.05) is 0 Å². The first-order valence-electron chi connectivity index (χ1n) is 8.93. The predicted molar refractivity (Wildman–Crippen MR) is 102 cm³/mol. The van der Waals surface area contributed by atoms with Gasteiger partial charge in [-0.25, -0.2) is 0 Å². The van der Waals surface area contributed by atoms with Crippen molar-refractivity contribution in [3.05, 3.63) is 35.9 Å². The average Bonchev–Trinajstić information content (AvgIpc) is 2.57. The predicted octanol–water partition coefficient (Wildman–Crippen LogP) is 6.15. The number of rotatable bonds is 10. The van der Waals surface area contributed by atoms with E-state index in [2.05, 4.69) is 51.1 Å². The van der Waals surface area contributed by atoms with Crippen molar-refractivity contribution in [3.63, 3.8) is 0 Å². The number of hydrogen-bond donors (Lipinski definition) is 0. The number of nitrogens with zero attached hydrogens (tertiary/aromatic N) is 1. The minimum Gasteiger partial charge on any atom is -0.192 e. The van der Waals surface area contributed by atoms with Crippen molar-refractivity contribution < 1.29 is 0 Å². The lowest BCUT2D eigenvalue weighted by molar-refractivity contribution is 0.845. The van der Waals surface area contributed by atoms with Crippen LogP contribution in [0.1, 0.15) is 64.9 Å². The van der Waals surface area contributed by atoms with Gasteiger partial charge < -0.3 is 0 Å². The molecular weight excluding hydrogens is 285 g/mol. The van der Waals surface area contributed by atoms with E-state index in [1.165, 1.54) is 62.6 Å². The molecule has 0 saturated heterocycles. The molecule has 0 aliphatic rings. The Kier molecular flexibility index (Phi) is 9.26. The van der Waals surface area contributed by atoms with E-state index in [1.807, 2.05) is 6.07 Å². The zero-order valence-corrected chi connectivity index (χ0v) is 15.5. The third-order valence-electron chi connectivity index (χ3n) is 4.45. The van der Waals surface area contributed by atoms with Crippen molar-refractivity contribution in [2.45, 2.75) is 59.3 Å². The molecule has 1 aromatic rings. The Labute approximate surface area is 137 Å². The number of hydrogen-bond acceptors (Lipinski definition) is 1. The molecule has 0 heterocycles. The van der Waals surface area contributed by atoms with Crippen LogP contribution in [0.25, 0.3) is 0 Å². The van der Waals surface area contributed by atoms with E-state index in [9.17, 15) is 5.26 Å². The summed E-state index contributed by atoms with van der Waals surface area (Å²) in [5.74, 6) is 0. The molecule has 0 aromatic heterocycles. The van der Waals surface area contributed by atoms with Crippen molar-refractivity contribution in [1.29, 1.82) is 5.26 Å². The van der Waals surface area contributed by atoms with E-state index >= 15 is 0 Å². The smallest absolute Gasteiger partial charge is 0.0998 e. The minimum absolute atomic E-state index is 1.14. The van der Waals surface area contributed by atoms with Crippen LogP contribution in [0, 0.1) is 11.3 Å². The average molecular weight is 317 g/mol. The van der Waals surface area contributed by atoms with Crippen LogP contribution in [-0.4, -0.2) is 23.8 Å². The molecule has 0 atom stereocenters. The molecule has 0 saturated carbocycles. The Morgan fingerprint density at radius 3 is 1.68 bits per heavy atom. The van der Waals surface area contributed by atoms with Crippen molar-refractivity contribution in [3.8, 4) is 6.07 Å². The molecule has 2 heteroatoms. The molecule has 0 fully saturated rings. The summed E-state index contributed by atoms with van der Waals surface area (Å²) in [7, 11) is 0. The van der Waals surface area contributed by atoms with Crippen LogP contribution in [-0.2, 0) is 0 Å². The summed E-state index contributed by atoms with van der Waals surface area (Å²) >= 11 is 0. The Hall–Kier alpha value is -0.990. The molecule has 0 spiro atoms. The van der Waals surface area contributed by atoms with Crippen molar-refractivity contribution in [2.24, 2.45) is 0 Å². The van der Waals surface area contributed by atoms with Gasteiger partial charge in [-0.2, -0.15) is 5.26 Å². The Balaban J connectivity index is 3.38.